The van der Waals surface area contributed by atoms with Gasteiger partial charge < -0.3 is 15.2 Å². The first-order valence-electron chi connectivity index (χ1n) is 9.94. The smallest absolute Gasteiger partial charge is 0.227 e. The summed E-state index contributed by atoms with van der Waals surface area (Å²) < 4.78 is 5.47. The van der Waals surface area contributed by atoms with Crippen molar-refractivity contribution in [2.45, 2.75) is 38.5 Å². The summed E-state index contributed by atoms with van der Waals surface area (Å²) in [6, 6.07) is 10.0. The van der Waals surface area contributed by atoms with Crippen LogP contribution in [0.3, 0.4) is 0 Å². The molecule has 1 atom stereocenters. The zero-order chi connectivity index (χ0) is 20.4. The highest BCUT2D eigenvalue weighted by atomic mass is 16.5. The van der Waals surface area contributed by atoms with E-state index in [1.165, 1.54) is 5.56 Å². The third-order valence-corrected chi connectivity index (χ3v) is 5.75. The molecule has 3 aromatic rings. The van der Waals surface area contributed by atoms with Gasteiger partial charge in [-0.3, -0.25) is 4.98 Å². The number of hydrogen-bond donors (Lipinski definition) is 2. The van der Waals surface area contributed by atoms with Crippen LogP contribution in [0.5, 0.6) is 5.75 Å². The molecular formula is C23H26N4O2. The highest BCUT2D eigenvalue weighted by molar-refractivity contribution is 5.66. The lowest BCUT2D eigenvalue weighted by Gasteiger charge is -2.22. The number of nitrogens with one attached hydrogen (secondary N) is 1. The van der Waals surface area contributed by atoms with Crippen molar-refractivity contribution in [1.29, 1.82) is 0 Å². The molecule has 29 heavy (non-hydrogen) atoms. The number of pyridine rings is 1. The number of aliphatic hydroxyl groups is 1. The number of aryl methyl sites for hydroxylation is 2. The predicted octanol–water partition coefficient (Wildman–Crippen LogP) is 4.05. The van der Waals surface area contributed by atoms with Crippen molar-refractivity contribution in [3.8, 4) is 17.0 Å². The first kappa shape index (κ1) is 19.3. The number of rotatable bonds is 6. The van der Waals surface area contributed by atoms with Crippen LogP contribution in [0, 0.1) is 0 Å². The van der Waals surface area contributed by atoms with Gasteiger partial charge in [0.25, 0.3) is 0 Å². The summed E-state index contributed by atoms with van der Waals surface area (Å²) in [4.78, 5) is 13.7. The van der Waals surface area contributed by atoms with Crippen molar-refractivity contribution in [1.82, 2.24) is 15.0 Å². The third-order valence-electron chi connectivity index (χ3n) is 5.75. The van der Waals surface area contributed by atoms with E-state index in [4.69, 9.17) is 4.74 Å². The molecule has 2 N–H and O–H groups in total. The molecule has 1 unspecified atom stereocenters. The Labute approximate surface area is 171 Å². The molecule has 1 aliphatic carbocycles. The van der Waals surface area contributed by atoms with Gasteiger partial charge in [-0.1, -0.05) is 19.9 Å². The lowest BCUT2D eigenvalue weighted by molar-refractivity contribution is 0.206. The van der Waals surface area contributed by atoms with Gasteiger partial charge in [-0.05, 0) is 54.7 Å². The van der Waals surface area contributed by atoms with E-state index in [2.05, 4.69) is 52.3 Å². The minimum absolute atomic E-state index is 0.120. The summed E-state index contributed by atoms with van der Waals surface area (Å²) in [6.45, 7) is 4.32. The van der Waals surface area contributed by atoms with Gasteiger partial charge in [0.2, 0.25) is 5.95 Å². The molecule has 4 rings (SSSR count). The monoisotopic (exact) mass is 390 g/mol. The summed E-state index contributed by atoms with van der Waals surface area (Å²) >= 11 is 0. The van der Waals surface area contributed by atoms with E-state index < -0.39 is 0 Å². The predicted molar refractivity (Wildman–Crippen MR) is 114 cm³/mol. The summed E-state index contributed by atoms with van der Waals surface area (Å²) in [6.07, 6.45) is 6.34. The van der Waals surface area contributed by atoms with Crippen LogP contribution in [0.1, 0.15) is 37.1 Å². The molecule has 0 saturated carbocycles. The van der Waals surface area contributed by atoms with E-state index in [1.54, 1.807) is 13.3 Å². The Morgan fingerprint density at radius 1 is 1.21 bits per heavy atom. The fourth-order valence-corrected chi connectivity index (χ4v) is 3.82. The van der Waals surface area contributed by atoms with Crippen molar-refractivity contribution in [3.63, 3.8) is 0 Å². The minimum Gasteiger partial charge on any atom is -0.495 e. The molecule has 6 nitrogen and oxygen atoms in total. The topological polar surface area (TPSA) is 80.2 Å². The fraction of sp³-hybridized carbons (Fsp3) is 0.348. The van der Waals surface area contributed by atoms with Crippen molar-refractivity contribution in [2.24, 2.45) is 0 Å². The van der Waals surface area contributed by atoms with Crippen LogP contribution in [0.2, 0.25) is 0 Å². The largest absolute Gasteiger partial charge is 0.495 e. The van der Waals surface area contributed by atoms with Gasteiger partial charge in [0.15, 0.2) is 0 Å². The maximum Gasteiger partial charge on any atom is 0.227 e. The Balaban J connectivity index is 1.67. The molecule has 0 spiro atoms. The highest BCUT2D eigenvalue weighted by Crippen LogP contribution is 2.39. The number of nitrogens with zero attached hydrogens (tertiary/aromatic N) is 3. The summed E-state index contributed by atoms with van der Waals surface area (Å²) in [7, 11) is 1.65. The van der Waals surface area contributed by atoms with Crippen LogP contribution in [0.4, 0.5) is 11.6 Å². The number of methoxy groups -OCH3 is 1. The van der Waals surface area contributed by atoms with Gasteiger partial charge >= 0.3 is 0 Å². The zero-order valence-corrected chi connectivity index (χ0v) is 17.1. The third kappa shape index (κ3) is 3.68. The van der Waals surface area contributed by atoms with Crippen molar-refractivity contribution in [2.75, 3.05) is 19.0 Å². The lowest BCUT2D eigenvalue weighted by Crippen LogP contribution is -2.23. The second-order valence-electron chi connectivity index (χ2n) is 7.72. The Morgan fingerprint density at radius 2 is 2.07 bits per heavy atom. The Hall–Kier alpha value is -2.99. The second-order valence-corrected chi connectivity index (χ2v) is 7.72. The second kappa shape index (κ2) is 7.79. The van der Waals surface area contributed by atoms with E-state index >= 15 is 0 Å². The summed E-state index contributed by atoms with van der Waals surface area (Å²) in [5, 5.41) is 13.1. The van der Waals surface area contributed by atoms with E-state index in [0.29, 0.717) is 5.95 Å². The van der Waals surface area contributed by atoms with Crippen LogP contribution in [-0.4, -0.2) is 33.8 Å². The van der Waals surface area contributed by atoms with Crippen LogP contribution in [-0.2, 0) is 18.3 Å². The van der Waals surface area contributed by atoms with E-state index in [-0.39, 0.29) is 12.0 Å². The van der Waals surface area contributed by atoms with Crippen LogP contribution >= 0.6 is 0 Å². The Kier molecular flexibility index (Phi) is 5.20. The Bertz CT molecular complexity index is 1040. The average Bonchev–Trinajstić information content (AvgIpc) is 3.10. The molecule has 0 saturated heterocycles. The molecule has 150 valence electrons. The van der Waals surface area contributed by atoms with Gasteiger partial charge in [0.05, 0.1) is 25.1 Å². The number of hydrogen-bond acceptors (Lipinski definition) is 6. The van der Waals surface area contributed by atoms with Gasteiger partial charge in [-0.25, -0.2) is 9.97 Å². The van der Waals surface area contributed by atoms with Crippen LogP contribution in [0.25, 0.3) is 11.3 Å². The number of aliphatic hydroxyl groups excluding tert-OH is 1. The summed E-state index contributed by atoms with van der Waals surface area (Å²) in [5.74, 6) is 1.24. The average molecular weight is 390 g/mol. The maximum absolute atomic E-state index is 9.86. The van der Waals surface area contributed by atoms with Crippen LogP contribution in [0.15, 0.2) is 42.7 Å². The van der Waals surface area contributed by atoms with Gasteiger partial charge in [0.1, 0.15) is 5.75 Å². The molecule has 2 heterocycles. The number of benzene rings is 1. The molecule has 1 aliphatic rings. The molecule has 0 fully saturated rings. The number of aromatic nitrogens is 3. The lowest BCUT2D eigenvalue weighted by atomic mass is 9.85. The molecule has 2 aromatic heterocycles. The van der Waals surface area contributed by atoms with E-state index in [0.717, 1.165) is 53.2 Å². The number of anilines is 2. The van der Waals surface area contributed by atoms with Gasteiger partial charge in [-0.15, -0.1) is 0 Å². The SMILES string of the molecule is CCc1ccc(OC)c(Nc2nccc(-c3cnc4c(c3)C(C)(CO)CC4)n2)c1. The van der Waals surface area contributed by atoms with E-state index in [9.17, 15) is 5.11 Å². The molecule has 0 aliphatic heterocycles. The van der Waals surface area contributed by atoms with Gasteiger partial charge in [-0.2, -0.15) is 0 Å². The van der Waals surface area contributed by atoms with Crippen molar-refractivity contribution >= 4 is 11.6 Å². The molecule has 0 radical (unpaired) electrons. The quantitative estimate of drug-likeness (QED) is 0.661. The number of fused-ring (bicyclic) bond motifs is 1. The summed E-state index contributed by atoms with van der Waals surface area (Å²) in [5.41, 5.74) is 5.70. The molecule has 1 aromatic carbocycles. The first-order valence-corrected chi connectivity index (χ1v) is 9.94. The van der Waals surface area contributed by atoms with Gasteiger partial charge in [0, 0.05) is 29.1 Å². The standard InChI is InChI=1S/C23H26N4O2/c1-4-15-5-6-21(29-3)20(11-15)27-22-24-10-8-18(26-22)16-12-17-19(25-13-16)7-9-23(17,2)14-28/h5-6,8,10-13,28H,4,7,9,14H2,1-3H3,(H,24,26,27). The molecule has 0 amide bonds. The molecular weight excluding hydrogens is 364 g/mol. The number of ether oxygens (including phenoxy) is 1. The first-order chi connectivity index (χ1) is 14.1. The fourth-order valence-electron chi connectivity index (χ4n) is 3.82. The Morgan fingerprint density at radius 3 is 2.83 bits per heavy atom. The maximum atomic E-state index is 9.86. The van der Waals surface area contributed by atoms with E-state index in [1.807, 2.05) is 18.3 Å². The van der Waals surface area contributed by atoms with Crippen LogP contribution < -0.4 is 10.1 Å². The van der Waals surface area contributed by atoms with Crippen molar-refractivity contribution in [3.05, 3.63) is 59.5 Å². The molecule has 6 heteroatoms. The minimum atomic E-state index is -0.236. The highest BCUT2D eigenvalue weighted by Gasteiger charge is 2.34. The zero-order valence-electron chi connectivity index (χ0n) is 17.1. The van der Waals surface area contributed by atoms with Crippen molar-refractivity contribution < 1.29 is 9.84 Å². The molecule has 0 bridgehead atoms. The normalized spacial score (nSPS) is 17.8.